The zero-order chi connectivity index (χ0) is 16.4. The summed E-state index contributed by atoms with van der Waals surface area (Å²) in [5.74, 6) is -0.279. The van der Waals surface area contributed by atoms with Crippen LogP contribution in [0.1, 0.15) is 12.6 Å². The monoisotopic (exact) mass is 303 g/mol. The van der Waals surface area contributed by atoms with Crippen molar-refractivity contribution in [1.29, 1.82) is 0 Å². The Hall–Kier alpha value is -3.23. The number of nitro groups is 1. The molecule has 0 aliphatic heterocycles. The largest absolute Gasteiger partial charge is 0.506 e. The van der Waals surface area contributed by atoms with Gasteiger partial charge in [-0.3, -0.25) is 24.7 Å². The molecule has 0 atom stereocenters. The van der Waals surface area contributed by atoms with Crippen molar-refractivity contribution >= 4 is 22.6 Å². The Morgan fingerprint density at radius 1 is 1.45 bits per heavy atom. The number of benzene rings is 1. The van der Waals surface area contributed by atoms with E-state index in [1.807, 2.05) is 0 Å². The van der Waals surface area contributed by atoms with Gasteiger partial charge in [-0.25, -0.2) is 0 Å². The fourth-order valence-corrected chi connectivity index (χ4v) is 1.74. The van der Waals surface area contributed by atoms with E-state index < -0.39 is 10.5 Å². The molecule has 0 bridgehead atoms. The highest BCUT2D eigenvalue weighted by Gasteiger charge is 2.14. The molecule has 0 aliphatic rings. The maximum Gasteiger partial charge on any atom is 0.294 e. The molecule has 0 radical (unpaired) electrons. The first-order chi connectivity index (χ1) is 10.3. The normalized spacial score (nSPS) is 11.0. The number of nitrogens with one attached hydrogen (secondary N) is 1. The van der Waals surface area contributed by atoms with Crippen molar-refractivity contribution in [1.82, 2.24) is 9.78 Å². The van der Waals surface area contributed by atoms with Gasteiger partial charge in [0.25, 0.3) is 11.2 Å². The number of aromatic amines is 1. The first kappa shape index (κ1) is 15.2. The quantitative estimate of drug-likeness (QED) is 0.511. The molecule has 2 N–H and O–H groups in total. The second kappa shape index (κ2) is 5.64. The van der Waals surface area contributed by atoms with Crippen molar-refractivity contribution in [2.45, 2.75) is 6.92 Å². The molecule has 9 heteroatoms. The first-order valence-electron chi connectivity index (χ1n) is 6.15. The molecule has 0 fully saturated rings. The number of aromatic nitrogens is 2. The first-order valence-corrected chi connectivity index (χ1v) is 6.15. The van der Waals surface area contributed by atoms with E-state index in [1.165, 1.54) is 11.7 Å². The number of nitro benzene ring substituents is 1. The zero-order valence-corrected chi connectivity index (χ0v) is 11.9. The SMILES string of the molecule is C=C(C)c1[nH]n(C)c(=O)c1N=Nc1cc([N+](=O)[O-])ccc1O. The zero-order valence-electron chi connectivity index (χ0n) is 11.9. The molecule has 0 unspecified atom stereocenters. The fourth-order valence-electron chi connectivity index (χ4n) is 1.74. The molecule has 0 amide bonds. The minimum absolute atomic E-state index is 0.0147. The van der Waals surface area contributed by atoms with Crippen LogP contribution in [0.3, 0.4) is 0 Å². The third kappa shape index (κ3) is 2.77. The number of allylic oxidation sites excluding steroid dienone is 1. The molecule has 0 saturated heterocycles. The number of nitrogens with zero attached hydrogens (tertiary/aromatic N) is 4. The summed E-state index contributed by atoms with van der Waals surface area (Å²) < 4.78 is 1.21. The van der Waals surface area contributed by atoms with Gasteiger partial charge in [-0.2, -0.15) is 0 Å². The summed E-state index contributed by atoms with van der Waals surface area (Å²) in [5.41, 5.74) is 0.225. The average molecular weight is 303 g/mol. The van der Waals surface area contributed by atoms with Gasteiger partial charge in [0, 0.05) is 19.2 Å². The summed E-state index contributed by atoms with van der Waals surface area (Å²) in [4.78, 5) is 22.0. The highest BCUT2D eigenvalue weighted by atomic mass is 16.6. The lowest BCUT2D eigenvalue weighted by molar-refractivity contribution is -0.384. The van der Waals surface area contributed by atoms with Crippen LogP contribution in [-0.2, 0) is 7.05 Å². The second-order valence-electron chi connectivity index (χ2n) is 4.61. The molecular weight excluding hydrogens is 290 g/mol. The molecule has 1 aromatic carbocycles. The van der Waals surface area contributed by atoms with E-state index in [0.29, 0.717) is 11.3 Å². The number of H-pyrrole nitrogens is 1. The number of rotatable bonds is 4. The molecule has 1 aromatic heterocycles. The predicted molar refractivity (Wildman–Crippen MR) is 79.7 cm³/mol. The van der Waals surface area contributed by atoms with Crippen molar-refractivity contribution < 1.29 is 10.0 Å². The lowest BCUT2D eigenvalue weighted by Gasteiger charge is -1.98. The van der Waals surface area contributed by atoms with Crippen LogP contribution in [0.4, 0.5) is 17.1 Å². The van der Waals surface area contributed by atoms with Crippen LogP contribution in [0.25, 0.3) is 5.57 Å². The van der Waals surface area contributed by atoms with Gasteiger partial charge in [-0.1, -0.05) is 6.58 Å². The number of phenolic OH excluding ortho intramolecular Hbond substituents is 1. The van der Waals surface area contributed by atoms with Crippen LogP contribution in [-0.4, -0.2) is 19.8 Å². The van der Waals surface area contributed by atoms with E-state index in [2.05, 4.69) is 21.9 Å². The Labute approximate surface area is 124 Å². The van der Waals surface area contributed by atoms with E-state index in [4.69, 9.17) is 0 Å². The summed E-state index contributed by atoms with van der Waals surface area (Å²) in [6, 6.07) is 3.35. The smallest absolute Gasteiger partial charge is 0.294 e. The number of aryl methyl sites for hydroxylation is 1. The summed E-state index contributed by atoms with van der Waals surface area (Å²) >= 11 is 0. The maximum atomic E-state index is 11.9. The van der Waals surface area contributed by atoms with Gasteiger partial charge in [0.2, 0.25) is 0 Å². The average Bonchev–Trinajstić information content (AvgIpc) is 2.74. The van der Waals surface area contributed by atoms with Crippen molar-refractivity contribution in [2.24, 2.45) is 17.3 Å². The van der Waals surface area contributed by atoms with Crippen LogP contribution in [0.2, 0.25) is 0 Å². The predicted octanol–water partition coefficient (Wildman–Crippen LogP) is 2.78. The topological polar surface area (TPSA) is 126 Å². The summed E-state index contributed by atoms with van der Waals surface area (Å²) in [6.07, 6.45) is 0. The van der Waals surface area contributed by atoms with Crippen molar-refractivity contribution in [3.63, 3.8) is 0 Å². The van der Waals surface area contributed by atoms with Crippen molar-refractivity contribution in [3.05, 3.63) is 50.9 Å². The van der Waals surface area contributed by atoms with Gasteiger partial charge in [0.05, 0.1) is 10.6 Å². The molecular formula is C13H13N5O4. The number of aromatic hydroxyl groups is 1. The minimum atomic E-state index is -0.618. The molecule has 0 aliphatic carbocycles. The minimum Gasteiger partial charge on any atom is -0.506 e. The van der Waals surface area contributed by atoms with E-state index in [1.54, 1.807) is 6.92 Å². The highest BCUT2D eigenvalue weighted by molar-refractivity contribution is 5.68. The third-order valence-corrected chi connectivity index (χ3v) is 2.88. The Kier molecular flexibility index (Phi) is 3.89. The number of phenols is 1. The standard InChI is InChI=1S/C13H13N5O4/c1-7(2)11-12(13(20)17(3)16-11)15-14-9-6-8(18(21)22)4-5-10(9)19/h4-6,16,19H,1H2,2-3H3. The lowest BCUT2D eigenvalue weighted by Crippen LogP contribution is -2.10. The van der Waals surface area contributed by atoms with E-state index in [9.17, 15) is 20.0 Å². The molecule has 9 nitrogen and oxygen atoms in total. The Balaban J connectivity index is 2.50. The number of hydrogen-bond donors (Lipinski definition) is 2. The van der Waals surface area contributed by atoms with Gasteiger partial charge < -0.3 is 5.11 Å². The third-order valence-electron chi connectivity index (χ3n) is 2.88. The van der Waals surface area contributed by atoms with Crippen molar-refractivity contribution in [2.75, 3.05) is 0 Å². The van der Waals surface area contributed by atoms with Crippen LogP contribution in [0, 0.1) is 10.1 Å². The number of azo groups is 1. The van der Waals surface area contributed by atoms with Crippen LogP contribution in [0.15, 0.2) is 39.8 Å². The molecule has 0 saturated carbocycles. The van der Waals surface area contributed by atoms with Gasteiger partial charge in [-0.05, 0) is 18.6 Å². The summed E-state index contributed by atoms with van der Waals surface area (Å²) in [6.45, 7) is 5.42. The van der Waals surface area contributed by atoms with Gasteiger partial charge in [0.1, 0.15) is 11.4 Å². The number of non-ortho nitro benzene ring substituents is 1. The molecule has 2 rings (SSSR count). The summed E-state index contributed by atoms with van der Waals surface area (Å²) in [5, 5.41) is 30.7. The van der Waals surface area contributed by atoms with E-state index >= 15 is 0 Å². The molecule has 114 valence electrons. The van der Waals surface area contributed by atoms with Crippen LogP contribution < -0.4 is 5.56 Å². The van der Waals surface area contributed by atoms with Crippen molar-refractivity contribution in [3.8, 4) is 5.75 Å². The Morgan fingerprint density at radius 3 is 2.73 bits per heavy atom. The van der Waals surface area contributed by atoms with Crippen LogP contribution in [0.5, 0.6) is 5.75 Å². The fraction of sp³-hybridized carbons (Fsp3) is 0.154. The molecule has 22 heavy (non-hydrogen) atoms. The number of hydrogen-bond acceptors (Lipinski definition) is 6. The van der Waals surface area contributed by atoms with Gasteiger partial charge in [0.15, 0.2) is 5.69 Å². The Morgan fingerprint density at radius 2 is 2.14 bits per heavy atom. The lowest BCUT2D eigenvalue weighted by atomic mass is 10.2. The van der Waals surface area contributed by atoms with E-state index in [-0.39, 0.29) is 22.8 Å². The Bertz CT molecular complexity index is 847. The molecule has 0 spiro atoms. The highest BCUT2D eigenvalue weighted by Crippen LogP contribution is 2.32. The van der Waals surface area contributed by atoms with Gasteiger partial charge in [-0.15, -0.1) is 10.2 Å². The maximum absolute atomic E-state index is 11.9. The van der Waals surface area contributed by atoms with E-state index in [0.717, 1.165) is 18.2 Å². The molecule has 2 aromatic rings. The second-order valence-corrected chi connectivity index (χ2v) is 4.61. The summed E-state index contributed by atoms with van der Waals surface area (Å²) in [7, 11) is 1.51. The molecule has 1 heterocycles. The van der Waals surface area contributed by atoms with Gasteiger partial charge >= 0.3 is 0 Å². The van der Waals surface area contributed by atoms with Crippen LogP contribution >= 0.6 is 0 Å².